The number of nitrogens with zero attached hydrogens (tertiary/aromatic N) is 3. The van der Waals surface area contributed by atoms with Crippen LogP contribution in [0.5, 0.6) is 0 Å². The number of carbonyl (C=O) groups excluding carboxylic acids is 1. The minimum absolute atomic E-state index is 0.151. The molecular weight excluding hydrogens is 266 g/mol. The molecular formula is C15H13N5O. The van der Waals surface area contributed by atoms with E-state index in [-0.39, 0.29) is 5.91 Å². The second kappa shape index (κ2) is 5.59. The van der Waals surface area contributed by atoms with E-state index in [1.165, 1.54) is 12.4 Å². The number of carbonyl (C=O) groups is 1. The van der Waals surface area contributed by atoms with E-state index < -0.39 is 0 Å². The average molecular weight is 279 g/mol. The molecule has 0 radical (unpaired) electrons. The molecule has 0 spiro atoms. The van der Waals surface area contributed by atoms with Crippen LogP contribution in [0.25, 0.3) is 0 Å². The molecule has 1 aliphatic rings. The van der Waals surface area contributed by atoms with Crippen molar-refractivity contribution in [3.8, 4) is 6.07 Å². The van der Waals surface area contributed by atoms with Gasteiger partial charge in [-0.2, -0.15) is 5.26 Å². The zero-order valence-corrected chi connectivity index (χ0v) is 11.2. The van der Waals surface area contributed by atoms with Crippen LogP contribution in [0.4, 0.5) is 11.6 Å². The molecule has 6 nitrogen and oxygen atoms in total. The Bertz CT molecular complexity index is 701. The maximum Gasteiger partial charge on any atom is 0.254 e. The van der Waals surface area contributed by atoms with Gasteiger partial charge in [0.1, 0.15) is 6.07 Å². The molecule has 6 heteroatoms. The number of hydrogen-bond acceptors (Lipinski definition) is 5. The predicted octanol–water partition coefficient (Wildman–Crippen LogP) is 1.98. The fraction of sp³-hybridized carbons (Fsp3) is 0.200. The molecule has 0 unspecified atom stereocenters. The summed E-state index contributed by atoms with van der Waals surface area (Å²) in [6.07, 6.45) is 5.03. The molecule has 0 aliphatic heterocycles. The third-order valence-electron chi connectivity index (χ3n) is 3.12. The first-order valence-corrected chi connectivity index (χ1v) is 6.65. The predicted molar refractivity (Wildman–Crippen MR) is 77.0 cm³/mol. The van der Waals surface area contributed by atoms with Crippen molar-refractivity contribution in [2.45, 2.75) is 18.9 Å². The first-order valence-electron chi connectivity index (χ1n) is 6.65. The van der Waals surface area contributed by atoms with Crippen molar-refractivity contribution in [1.29, 1.82) is 5.26 Å². The minimum Gasteiger partial charge on any atom is -0.349 e. The summed E-state index contributed by atoms with van der Waals surface area (Å²) in [5.41, 5.74) is 1.58. The van der Waals surface area contributed by atoms with Crippen molar-refractivity contribution < 1.29 is 4.79 Å². The highest BCUT2D eigenvalue weighted by Gasteiger charge is 2.24. The second-order valence-electron chi connectivity index (χ2n) is 4.83. The lowest BCUT2D eigenvalue weighted by Gasteiger charge is -2.07. The van der Waals surface area contributed by atoms with Gasteiger partial charge in [-0.15, -0.1) is 0 Å². The first kappa shape index (κ1) is 13.1. The van der Waals surface area contributed by atoms with Crippen LogP contribution in [0, 0.1) is 11.3 Å². The molecule has 2 aromatic rings. The summed E-state index contributed by atoms with van der Waals surface area (Å²) in [6, 6.07) is 9.48. The number of nitrogens with one attached hydrogen (secondary N) is 2. The van der Waals surface area contributed by atoms with E-state index >= 15 is 0 Å². The third kappa shape index (κ3) is 3.15. The number of para-hydroxylation sites is 1. The Morgan fingerprint density at radius 1 is 1.24 bits per heavy atom. The smallest absolute Gasteiger partial charge is 0.254 e. The van der Waals surface area contributed by atoms with Gasteiger partial charge in [0.05, 0.1) is 16.8 Å². The van der Waals surface area contributed by atoms with Crippen molar-refractivity contribution in [1.82, 2.24) is 15.3 Å². The normalized spacial score (nSPS) is 13.3. The molecule has 3 rings (SSSR count). The summed E-state index contributed by atoms with van der Waals surface area (Å²) >= 11 is 0. The van der Waals surface area contributed by atoms with Gasteiger partial charge in [-0.25, -0.2) is 9.97 Å². The highest BCUT2D eigenvalue weighted by Crippen LogP contribution is 2.20. The Balaban J connectivity index is 1.72. The molecule has 1 heterocycles. The van der Waals surface area contributed by atoms with Gasteiger partial charge in [-0.1, -0.05) is 12.1 Å². The molecule has 1 aromatic heterocycles. The summed E-state index contributed by atoms with van der Waals surface area (Å²) in [4.78, 5) is 20.0. The lowest BCUT2D eigenvalue weighted by molar-refractivity contribution is 0.0950. The third-order valence-corrected chi connectivity index (χ3v) is 3.12. The van der Waals surface area contributed by atoms with E-state index in [1.807, 2.05) is 6.07 Å². The van der Waals surface area contributed by atoms with Gasteiger partial charge in [0, 0.05) is 18.4 Å². The molecule has 0 bridgehead atoms. The average Bonchev–Trinajstić information content (AvgIpc) is 3.32. The van der Waals surface area contributed by atoms with Crippen LogP contribution >= 0.6 is 0 Å². The van der Waals surface area contributed by atoms with Crippen molar-refractivity contribution in [2.24, 2.45) is 0 Å². The summed E-state index contributed by atoms with van der Waals surface area (Å²) in [5, 5.41) is 14.9. The molecule has 21 heavy (non-hydrogen) atoms. The summed E-state index contributed by atoms with van der Waals surface area (Å²) in [5.74, 6) is 0.196. The molecule has 1 amide bonds. The van der Waals surface area contributed by atoms with Crippen LogP contribution in [-0.4, -0.2) is 21.9 Å². The Hall–Kier alpha value is -2.94. The molecule has 0 atom stereocenters. The van der Waals surface area contributed by atoms with Crippen molar-refractivity contribution in [3.63, 3.8) is 0 Å². The lowest BCUT2D eigenvalue weighted by Crippen LogP contribution is -2.25. The van der Waals surface area contributed by atoms with Crippen molar-refractivity contribution in [2.75, 3.05) is 5.32 Å². The SMILES string of the molecule is N#Cc1ccccc1Nc1ncc(C(=O)NC2CC2)cn1. The summed E-state index contributed by atoms with van der Waals surface area (Å²) in [7, 11) is 0. The maximum absolute atomic E-state index is 11.8. The second-order valence-corrected chi connectivity index (χ2v) is 4.83. The topological polar surface area (TPSA) is 90.7 Å². The van der Waals surface area contributed by atoms with E-state index in [9.17, 15) is 4.79 Å². The molecule has 1 aromatic carbocycles. The maximum atomic E-state index is 11.8. The molecule has 0 saturated heterocycles. The largest absolute Gasteiger partial charge is 0.349 e. The summed E-state index contributed by atoms with van der Waals surface area (Å²) in [6.45, 7) is 0. The number of rotatable bonds is 4. The fourth-order valence-corrected chi connectivity index (χ4v) is 1.82. The van der Waals surface area contributed by atoms with Gasteiger partial charge >= 0.3 is 0 Å². The van der Waals surface area contributed by atoms with Gasteiger partial charge in [0.2, 0.25) is 5.95 Å². The zero-order chi connectivity index (χ0) is 14.7. The van der Waals surface area contributed by atoms with Crippen LogP contribution in [0.2, 0.25) is 0 Å². The Labute approximate surface area is 121 Å². The van der Waals surface area contributed by atoms with Crippen molar-refractivity contribution >= 4 is 17.5 Å². The van der Waals surface area contributed by atoms with Gasteiger partial charge in [0.25, 0.3) is 5.91 Å². The monoisotopic (exact) mass is 279 g/mol. The number of amides is 1. The van der Waals surface area contributed by atoms with E-state index in [4.69, 9.17) is 5.26 Å². The van der Waals surface area contributed by atoms with Crippen LogP contribution in [-0.2, 0) is 0 Å². The van der Waals surface area contributed by atoms with Crippen LogP contribution < -0.4 is 10.6 Å². The van der Waals surface area contributed by atoms with Crippen LogP contribution in [0.15, 0.2) is 36.7 Å². The zero-order valence-electron chi connectivity index (χ0n) is 11.2. The minimum atomic E-state index is -0.151. The number of hydrogen-bond donors (Lipinski definition) is 2. The molecule has 1 saturated carbocycles. The highest BCUT2D eigenvalue weighted by molar-refractivity contribution is 5.94. The Morgan fingerprint density at radius 2 is 1.95 bits per heavy atom. The van der Waals surface area contributed by atoms with Gasteiger partial charge in [0.15, 0.2) is 0 Å². The van der Waals surface area contributed by atoms with E-state index in [0.29, 0.717) is 28.8 Å². The van der Waals surface area contributed by atoms with E-state index in [2.05, 4.69) is 26.7 Å². The highest BCUT2D eigenvalue weighted by atomic mass is 16.1. The summed E-state index contributed by atoms with van der Waals surface area (Å²) < 4.78 is 0. The van der Waals surface area contributed by atoms with E-state index in [0.717, 1.165) is 12.8 Å². The first-order chi connectivity index (χ1) is 10.3. The number of anilines is 2. The number of benzene rings is 1. The van der Waals surface area contributed by atoms with Crippen LogP contribution in [0.3, 0.4) is 0 Å². The molecule has 1 aliphatic carbocycles. The number of aromatic nitrogens is 2. The molecule has 104 valence electrons. The Kier molecular flexibility index (Phi) is 3.48. The van der Waals surface area contributed by atoms with Crippen LogP contribution in [0.1, 0.15) is 28.8 Å². The molecule has 2 N–H and O–H groups in total. The Morgan fingerprint density at radius 3 is 2.62 bits per heavy atom. The standard InChI is InChI=1S/C15H13N5O/c16-7-10-3-1-2-4-13(10)20-15-17-8-11(9-18-15)14(21)19-12-5-6-12/h1-4,8-9,12H,5-6H2,(H,19,21)(H,17,18,20). The quantitative estimate of drug-likeness (QED) is 0.893. The molecule has 1 fully saturated rings. The van der Waals surface area contributed by atoms with Crippen molar-refractivity contribution in [3.05, 3.63) is 47.8 Å². The van der Waals surface area contributed by atoms with Gasteiger partial charge in [-0.05, 0) is 25.0 Å². The van der Waals surface area contributed by atoms with Gasteiger partial charge < -0.3 is 10.6 Å². The van der Waals surface area contributed by atoms with Gasteiger partial charge in [-0.3, -0.25) is 4.79 Å². The lowest BCUT2D eigenvalue weighted by atomic mass is 10.2. The fourth-order valence-electron chi connectivity index (χ4n) is 1.82. The van der Waals surface area contributed by atoms with E-state index in [1.54, 1.807) is 18.2 Å². The number of nitriles is 1.